The molecule has 7 nitrogen and oxygen atoms in total. The van der Waals surface area contributed by atoms with Crippen molar-refractivity contribution in [2.75, 3.05) is 5.32 Å². The zero-order valence-corrected chi connectivity index (χ0v) is 13.4. The van der Waals surface area contributed by atoms with Gasteiger partial charge in [-0.05, 0) is 18.2 Å². The Kier molecular flexibility index (Phi) is 3.87. The maximum absolute atomic E-state index is 12.5. The average Bonchev–Trinajstić information content (AvgIpc) is 3.28. The van der Waals surface area contributed by atoms with Gasteiger partial charge in [-0.25, -0.2) is 0 Å². The minimum absolute atomic E-state index is 0.196. The van der Waals surface area contributed by atoms with Gasteiger partial charge in [0, 0.05) is 11.1 Å². The van der Waals surface area contributed by atoms with Gasteiger partial charge in [-0.3, -0.25) is 15.2 Å². The Morgan fingerprint density at radius 1 is 1.11 bits per heavy atom. The zero-order chi connectivity index (χ0) is 19.0. The van der Waals surface area contributed by atoms with Gasteiger partial charge in [0.15, 0.2) is 5.76 Å². The molecule has 2 aromatic heterocycles. The van der Waals surface area contributed by atoms with Crippen LogP contribution in [-0.2, 0) is 6.18 Å². The van der Waals surface area contributed by atoms with Crippen molar-refractivity contribution in [3.8, 4) is 11.3 Å². The molecule has 0 aliphatic heterocycles. The molecule has 2 N–H and O–H groups in total. The molecule has 2 heterocycles. The predicted octanol–water partition coefficient (Wildman–Crippen LogP) is 3.88. The second-order valence-corrected chi connectivity index (χ2v) is 5.57. The van der Waals surface area contributed by atoms with E-state index in [9.17, 15) is 18.0 Å². The van der Waals surface area contributed by atoms with Crippen LogP contribution in [0.4, 0.5) is 19.1 Å². The van der Waals surface area contributed by atoms with Gasteiger partial charge in [-0.1, -0.05) is 35.5 Å². The lowest BCUT2D eigenvalue weighted by molar-refractivity contribution is -0.144. The topological polar surface area (TPSA) is 96.7 Å². The molecule has 10 heteroatoms. The highest BCUT2D eigenvalue weighted by Crippen LogP contribution is 2.29. The Morgan fingerprint density at radius 3 is 2.59 bits per heavy atom. The second-order valence-electron chi connectivity index (χ2n) is 5.57. The van der Waals surface area contributed by atoms with Crippen molar-refractivity contribution in [2.24, 2.45) is 0 Å². The van der Waals surface area contributed by atoms with Crippen LogP contribution in [0.5, 0.6) is 0 Å². The smallest absolute Gasteiger partial charge is 0.355 e. The molecule has 4 rings (SSSR count). The first-order valence-corrected chi connectivity index (χ1v) is 7.67. The standard InChI is InChI=1S/C17H10F3N5O2/c18-17(19,20)15-22-16(24-23-15)21-14(26)10-6-7-12-11(8-10)13(27-25-12)9-4-2-1-3-5-9/h1-8H,(H2,21,22,23,24,26). The van der Waals surface area contributed by atoms with E-state index >= 15 is 0 Å². The summed E-state index contributed by atoms with van der Waals surface area (Å²) in [6, 6.07) is 13.8. The van der Waals surface area contributed by atoms with Crippen LogP contribution in [0.1, 0.15) is 16.2 Å². The number of rotatable bonds is 3. The fourth-order valence-electron chi connectivity index (χ4n) is 2.50. The number of fused-ring (bicyclic) bond motifs is 1. The molecule has 0 radical (unpaired) electrons. The third-order valence-electron chi connectivity index (χ3n) is 3.75. The summed E-state index contributed by atoms with van der Waals surface area (Å²) >= 11 is 0. The van der Waals surface area contributed by atoms with E-state index < -0.39 is 23.9 Å². The maximum atomic E-state index is 12.5. The lowest BCUT2D eigenvalue weighted by atomic mass is 10.1. The van der Waals surface area contributed by atoms with Gasteiger partial charge in [0.1, 0.15) is 5.52 Å². The fraction of sp³-hybridized carbons (Fsp3) is 0.0588. The molecule has 0 aliphatic carbocycles. The van der Waals surface area contributed by atoms with E-state index in [2.05, 4.69) is 20.6 Å². The van der Waals surface area contributed by atoms with Crippen LogP contribution in [-0.4, -0.2) is 26.2 Å². The molecule has 0 atom stereocenters. The highest BCUT2D eigenvalue weighted by Gasteiger charge is 2.35. The Balaban J connectivity index is 1.64. The number of amides is 1. The molecule has 1 amide bonds. The first-order valence-electron chi connectivity index (χ1n) is 7.67. The zero-order valence-electron chi connectivity index (χ0n) is 13.4. The summed E-state index contributed by atoms with van der Waals surface area (Å²) in [6.45, 7) is 0. The van der Waals surface area contributed by atoms with Crippen molar-refractivity contribution in [3.05, 3.63) is 59.9 Å². The van der Waals surface area contributed by atoms with Crippen LogP contribution in [0.3, 0.4) is 0 Å². The third-order valence-corrected chi connectivity index (χ3v) is 3.75. The number of hydrogen-bond donors (Lipinski definition) is 2. The number of carbonyl (C=O) groups is 1. The lowest BCUT2D eigenvalue weighted by Gasteiger charge is -2.02. The number of alkyl halides is 3. The summed E-state index contributed by atoms with van der Waals surface area (Å²) in [6.07, 6.45) is -4.68. The van der Waals surface area contributed by atoms with Crippen molar-refractivity contribution >= 4 is 22.8 Å². The summed E-state index contributed by atoms with van der Waals surface area (Å²) in [5.74, 6) is -1.94. The van der Waals surface area contributed by atoms with E-state index in [4.69, 9.17) is 4.52 Å². The maximum Gasteiger partial charge on any atom is 0.451 e. The molecule has 27 heavy (non-hydrogen) atoms. The van der Waals surface area contributed by atoms with Gasteiger partial charge >= 0.3 is 6.18 Å². The number of hydrogen-bond acceptors (Lipinski definition) is 5. The Bertz CT molecular complexity index is 1120. The number of anilines is 1. The molecule has 0 spiro atoms. The molecule has 0 unspecified atom stereocenters. The number of nitrogens with one attached hydrogen (secondary N) is 2. The van der Waals surface area contributed by atoms with E-state index in [1.807, 2.05) is 30.3 Å². The average molecular weight is 373 g/mol. The van der Waals surface area contributed by atoms with Crippen molar-refractivity contribution < 1.29 is 22.5 Å². The van der Waals surface area contributed by atoms with Gasteiger partial charge < -0.3 is 4.52 Å². The second kappa shape index (κ2) is 6.24. The van der Waals surface area contributed by atoms with Crippen LogP contribution in [0.15, 0.2) is 53.1 Å². The fourth-order valence-corrected chi connectivity index (χ4v) is 2.50. The molecule has 2 aromatic carbocycles. The summed E-state index contributed by atoms with van der Waals surface area (Å²) in [4.78, 5) is 15.6. The predicted molar refractivity (Wildman–Crippen MR) is 88.8 cm³/mol. The number of carbonyl (C=O) groups excluding carboxylic acids is 1. The van der Waals surface area contributed by atoms with Gasteiger partial charge in [-0.15, -0.1) is 5.10 Å². The largest absolute Gasteiger partial charge is 0.451 e. The normalized spacial score (nSPS) is 11.7. The number of nitrogens with zero attached hydrogens (tertiary/aromatic N) is 3. The van der Waals surface area contributed by atoms with E-state index in [1.165, 1.54) is 6.07 Å². The summed E-state index contributed by atoms with van der Waals surface area (Å²) in [5, 5.41) is 11.8. The summed E-state index contributed by atoms with van der Waals surface area (Å²) in [5.41, 5.74) is 1.52. The molecule has 136 valence electrons. The number of halogens is 3. The molecule has 0 saturated carbocycles. The minimum Gasteiger partial charge on any atom is -0.355 e. The number of aromatic amines is 1. The highest BCUT2D eigenvalue weighted by atomic mass is 19.4. The lowest BCUT2D eigenvalue weighted by Crippen LogP contribution is -2.13. The van der Waals surface area contributed by atoms with Gasteiger partial charge in [0.05, 0.1) is 5.39 Å². The van der Waals surface area contributed by atoms with Gasteiger partial charge in [-0.2, -0.15) is 18.2 Å². The van der Waals surface area contributed by atoms with Crippen molar-refractivity contribution in [1.82, 2.24) is 20.3 Å². The Labute approximate surface area is 149 Å². The minimum atomic E-state index is -4.68. The highest BCUT2D eigenvalue weighted by molar-refractivity contribution is 6.06. The van der Waals surface area contributed by atoms with Crippen LogP contribution >= 0.6 is 0 Å². The first-order chi connectivity index (χ1) is 12.9. The van der Waals surface area contributed by atoms with E-state index in [-0.39, 0.29) is 5.56 Å². The van der Waals surface area contributed by atoms with Crippen LogP contribution in [0, 0.1) is 0 Å². The molecular formula is C17H10F3N5O2. The van der Waals surface area contributed by atoms with Crippen LogP contribution in [0.25, 0.3) is 22.2 Å². The number of aromatic nitrogens is 4. The summed E-state index contributed by atoms with van der Waals surface area (Å²) < 4.78 is 43.0. The first kappa shape index (κ1) is 16.8. The van der Waals surface area contributed by atoms with Gasteiger partial charge in [0.2, 0.25) is 11.8 Å². The molecule has 0 saturated heterocycles. The number of benzene rings is 2. The Morgan fingerprint density at radius 2 is 1.89 bits per heavy atom. The van der Waals surface area contributed by atoms with E-state index in [0.29, 0.717) is 16.7 Å². The molecule has 0 fully saturated rings. The van der Waals surface area contributed by atoms with Gasteiger partial charge in [0.25, 0.3) is 5.91 Å². The van der Waals surface area contributed by atoms with Crippen molar-refractivity contribution in [1.29, 1.82) is 0 Å². The molecule has 0 aliphatic rings. The van der Waals surface area contributed by atoms with Crippen LogP contribution in [0.2, 0.25) is 0 Å². The summed E-state index contributed by atoms with van der Waals surface area (Å²) in [7, 11) is 0. The monoisotopic (exact) mass is 373 g/mol. The van der Waals surface area contributed by atoms with Crippen molar-refractivity contribution in [2.45, 2.75) is 6.18 Å². The molecule has 0 bridgehead atoms. The van der Waals surface area contributed by atoms with Crippen molar-refractivity contribution in [3.63, 3.8) is 0 Å². The van der Waals surface area contributed by atoms with E-state index in [0.717, 1.165) is 5.56 Å². The number of H-pyrrole nitrogens is 1. The molecular weight excluding hydrogens is 363 g/mol. The third kappa shape index (κ3) is 3.24. The quantitative estimate of drug-likeness (QED) is 0.568. The van der Waals surface area contributed by atoms with E-state index in [1.54, 1.807) is 17.2 Å². The van der Waals surface area contributed by atoms with Crippen LogP contribution < -0.4 is 5.32 Å². The molecule has 4 aromatic rings. The Hall–Kier alpha value is -3.69. The SMILES string of the molecule is O=C(Nc1n[nH]c(C(F)(F)F)n1)c1ccc2noc(-c3ccccc3)c2c1.